The number of tetrazole rings is 1. The van der Waals surface area contributed by atoms with Crippen LogP contribution in [0.2, 0.25) is 0 Å². The Kier molecular flexibility index (Phi) is 6.45. The first-order valence-electron chi connectivity index (χ1n) is 9.98. The summed E-state index contributed by atoms with van der Waals surface area (Å²) in [5, 5.41) is 25.8. The molecule has 0 bridgehead atoms. The van der Waals surface area contributed by atoms with E-state index in [9.17, 15) is 10.1 Å². The lowest BCUT2D eigenvalue weighted by molar-refractivity contribution is -0.115. The van der Waals surface area contributed by atoms with Crippen LogP contribution >= 0.6 is 23.1 Å². The summed E-state index contributed by atoms with van der Waals surface area (Å²) in [6.45, 7) is 2.03. The van der Waals surface area contributed by atoms with Crippen molar-refractivity contribution in [1.82, 2.24) is 20.2 Å². The van der Waals surface area contributed by atoms with Crippen LogP contribution in [0, 0.1) is 18.3 Å². The van der Waals surface area contributed by atoms with Gasteiger partial charge >= 0.3 is 0 Å². The van der Waals surface area contributed by atoms with E-state index < -0.39 is 0 Å². The lowest BCUT2D eigenvalue weighted by Gasteiger charge is -2.05. The van der Waals surface area contributed by atoms with Gasteiger partial charge in [-0.15, -0.1) is 16.4 Å². The number of thiophene rings is 1. The highest BCUT2D eigenvalue weighted by molar-refractivity contribution is 7.99. The van der Waals surface area contributed by atoms with Crippen molar-refractivity contribution in [2.24, 2.45) is 0 Å². The SMILES string of the molecule is Cc1ccc(-n2nnnc2SCCC(=O)Nc2sc3c(c2C#N)CCCCC3)cc1. The largest absolute Gasteiger partial charge is 0.317 e. The number of amides is 1. The standard InChI is InChI=1S/C21H22N6OS2/c1-14-7-9-15(10-8-14)27-21(24-25-26-27)29-12-11-19(28)23-20-17(13-22)16-5-3-2-4-6-18(16)30-20/h7-10H,2-6,11-12H2,1H3,(H,23,28). The molecule has 154 valence electrons. The quantitative estimate of drug-likeness (QED) is 0.455. The number of hydrogen-bond donors (Lipinski definition) is 1. The Balaban J connectivity index is 1.36. The first-order valence-corrected chi connectivity index (χ1v) is 11.8. The van der Waals surface area contributed by atoms with Crippen LogP contribution in [0.3, 0.4) is 0 Å². The Labute approximate surface area is 183 Å². The highest BCUT2D eigenvalue weighted by Crippen LogP contribution is 2.37. The molecule has 1 aliphatic carbocycles. The van der Waals surface area contributed by atoms with Gasteiger partial charge in [-0.2, -0.15) is 9.94 Å². The van der Waals surface area contributed by atoms with Gasteiger partial charge in [0, 0.05) is 17.1 Å². The number of fused-ring (bicyclic) bond motifs is 1. The molecule has 2 aromatic heterocycles. The second kappa shape index (κ2) is 9.41. The smallest absolute Gasteiger partial charge is 0.225 e. The number of aryl methyl sites for hydroxylation is 2. The minimum absolute atomic E-state index is 0.0928. The van der Waals surface area contributed by atoms with E-state index in [1.165, 1.54) is 28.6 Å². The van der Waals surface area contributed by atoms with Gasteiger partial charge in [0.1, 0.15) is 11.1 Å². The molecule has 0 saturated heterocycles. The minimum Gasteiger partial charge on any atom is -0.317 e. The van der Waals surface area contributed by atoms with Crippen molar-refractivity contribution in [3.8, 4) is 11.8 Å². The van der Waals surface area contributed by atoms with E-state index in [-0.39, 0.29) is 5.91 Å². The van der Waals surface area contributed by atoms with E-state index in [0.29, 0.717) is 27.9 Å². The molecule has 4 rings (SSSR count). The summed E-state index contributed by atoms with van der Waals surface area (Å²) >= 11 is 3.00. The Morgan fingerprint density at radius 1 is 1.27 bits per heavy atom. The van der Waals surface area contributed by atoms with Crippen molar-refractivity contribution in [1.29, 1.82) is 5.26 Å². The van der Waals surface area contributed by atoms with Gasteiger partial charge in [-0.25, -0.2) is 0 Å². The molecule has 30 heavy (non-hydrogen) atoms. The average molecular weight is 439 g/mol. The van der Waals surface area contributed by atoms with Crippen molar-refractivity contribution in [2.45, 2.75) is 50.6 Å². The van der Waals surface area contributed by atoms with Gasteiger partial charge in [0.15, 0.2) is 0 Å². The molecule has 0 spiro atoms. The Morgan fingerprint density at radius 2 is 2.07 bits per heavy atom. The number of nitrogens with one attached hydrogen (secondary N) is 1. The first kappa shape index (κ1) is 20.6. The van der Waals surface area contributed by atoms with Gasteiger partial charge in [-0.05, 0) is 60.7 Å². The third kappa shape index (κ3) is 4.55. The highest BCUT2D eigenvalue weighted by atomic mass is 32.2. The number of rotatable bonds is 6. The van der Waals surface area contributed by atoms with Crippen molar-refractivity contribution in [3.63, 3.8) is 0 Å². The molecule has 3 aromatic rings. The highest BCUT2D eigenvalue weighted by Gasteiger charge is 2.21. The topological polar surface area (TPSA) is 96.5 Å². The normalized spacial score (nSPS) is 13.3. The summed E-state index contributed by atoms with van der Waals surface area (Å²) in [6, 6.07) is 10.3. The van der Waals surface area contributed by atoms with E-state index in [1.54, 1.807) is 16.0 Å². The Morgan fingerprint density at radius 3 is 2.87 bits per heavy atom. The molecule has 1 N–H and O–H groups in total. The van der Waals surface area contributed by atoms with E-state index in [2.05, 4.69) is 26.9 Å². The Hall–Kier alpha value is -2.70. The van der Waals surface area contributed by atoms with E-state index in [0.717, 1.165) is 36.9 Å². The van der Waals surface area contributed by atoms with Crippen LogP contribution in [0.1, 0.15) is 47.3 Å². The number of carbonyl (C=O) groups is 1. The maximum atomic E-state index is 12.5. The maximum absolute atomic E-state index is 12.5. The molecule has 7 nitrogen and oxygen atoms in total. The number of benzene rings is 1. The molecular weight excluding hydrogens is 416 g/mol. The Bertz CT molecular complexity index is 1080. The second-order valence-electron chi connectivity index (χ2n) is 7.24. The molecule has 0 atom stereocenters. The molecule has 1 aromatic carbocycles. The molecule has 0 aliphatic heterocycles. The van der Waals surface area contributed by atoms with E-state index in [1.807, 2.05) is 31.2 Å². The average Bonchev–Trinajstić information content (AvgIpc) is 3.25. The summed E-state index contributed by atoms with van der Waals surface area (Å²) in [4.78, 5) is 13.8. The van der Waals surface area contributed by atoms with Crippen LogP contribution in [-0.4, -0.2) is 31.9 Å². The predicted octanol–water partition coefficient (Wildman–Crippen LogP) is 4.29. The summed E-state index contributed by atoms with van der Waals surface area (Å²) < 4.78 is 1.67. The lowest BCUT2D eigenvalue weighted by atomic mass is 10.1. The molecule has 1 aliphatic rings. The third-order valence-electron chi connectivity index (χ3n) is 5.07. The first-order chi connectivity index (χ1) is 14.7. The van der Waals surface area contributed by atoms with Crippen molar-refractivity contribution in [2.75, 3.05) is 11.1 Å². The molecule has 2 heterocycles. The number of nitriles is 1. The minimum atomic E-state index is -0.0928. The number of thioether (sulfide) groups is 1. The van der Waals surface area contributed by atoms with Crippen molar-refractivity contribution >= 4 is 34.0 Å². The maximum Gasteiger partial charge on any atom is 0.225 e. The zero-order chi connectivity index (χ0) is 20.9. The van der Waals surface area contributed by atoms with Gasteiger partial charge in [-0.3, -0.25) is 4.79 Å². The number of aromatic nitrogens is 4. The van der Waals surface area contributed by atoms with Crippen molar-refractivity contribution < 1.29 is 4.79 Å². The molecule has 0 radical (unpaired) electrons. The monoisotopic (exact) mass is 438 g/mol. The van der Waals surface area contributed by atoms with Gasteiger partial charge in [0.25, 0.3) is 0 Å². The summed E-state index contributed by atoms with van der Waals surface area (Å²) in [7, 11) is 0. The number of hydrogen-bond acceptors (Lipinski definition) is 7. The molecule has 0 fully saturated rings. The van der Waals surface area contributed by atoms with Crippen molar-refractivity contribution in [3.05, 3.63) is 45.8 Å². The summed E-state index contributed by atoms with van der Waals surface area (Å²) in [6.07, 6.45) is 5.71. The zero-order valence-electron chi connectivity index (χ0n) is 16.7. The van der Waals surface area contributed by atoms with E-state index in [4.69, 9.17) is 0 Å². The van der Waals surface area contributed by atoms with Gasteiger partial charge in [0.05, 0.1) is 11.3 Å². The molecular formula is C21H22N6OS2. The van der Waals surface area contributed by atoms with Crippen LogP contribution in [-0.2, 0) is 17.6 Å². The fraction of sp³-hybridized carbons (Fsp3) is 0.381. The van der Waals surface area contributed by atoms with Crippen LogP contribution in [0.25, 0.3) is 5.69 Å². The third-order valence-corrected chi connectivity index (χ3v) is 7.19. The molecule has 0 saturated carbocycles. The van der Waals surface area contributed by atoms with Crippen LogP contribution in [0.5, 0.6) is 0 Å². The molecule has 9 heteroatoms. The number of nitrogens with zero attached hydrogens (tertiary/aromatic N) is 5. The summed E-state index contributed by atoms with van der Waals surface area (Å²) in [5.74, 6) is 0.454. The predicted molar refractivity (Wildman–Crippen MR) is 118 cm³/mol. The fourth-order valence-corrected chi connectivity index (χ4v) is 5.57. The summed E-state index contributed by atoms with van der Waals surface area (Å²) in [5.41, 5.74) is 3.85. The van der Waals surface area contributed by atoms with Gasteiger partial charge in [-0.1, -0.05) is 35.9 Å². The molecule has 1 amide bonds. The van der Waals surface area contributed by atoms with Gasteiger partial charge < -0.3 is 5.32 Å². The fourth-order valence-electron chi connectivity index (χ4n) is 3.49. The van der Waals surface area contributed by atoms with Gasteiger partial charge in [0.2, 0.25) is 11.1 Å². The lowest BCUT2D eigenvalue weighted by Crippen LogP contribution is -2.12. The number of carbonyl (C=O) groups excluding carboxylic acids is 1. The zero-order valence-corrected chi connectivity index (χ0v) is 18.4. The van der Waals surface area contributed by atoms with Crippen LogP contribution in [0.4, 0.5) is 5.00 Å². The number of anilines is 1. The van der Waals surface area contributed by atoms with Crippen LogP contribution < -0.4 is 5.32 Å². The molecule has 0 unspecified atom stereocenters. The van der Waals surface area contributed by atoms with Crippen LogP contribution in [0.15, 0.2) is 29.4 Å². The second-order valence-corrected chi connectivity index (χ2v) is 9.40. The van der Waals surface area contributed by atoms with E-state index >= 15 is 0 Å².